The van der Waals surface area contributed by atoms with Gasteiger partial charge in [-0.2, -0.15) is 0 Å². The maximum absolute atomic E-state index is 3.91. The van der Waals surface area contributed by atoms with E-state index < -0.39 is 0 Å². The van der Waals surface area contributed by atoms with Crippen LogP contribution in [0.15, 0.2) is 12.2 Å². The number of nitrogens with zero attached hydrogens (tertiary/aromatic N) is 1. The Morgan fingerprint density at radius 2 is 1.67 bits per heavy atom. The van der Waals surface area contributed by atoms with E-state index in [-0.39, 0.29) is 5.54 Å². The topological polar surface area (TPSA) is 3.24 Å². The first-order chi connectivity index (χ1) is 3.89. The van der Waals surface area contributed by atoms with Gasteiger partial charge in [0.25, 0.3) is 0 Å². The molecule has 1 nitrogen and oxygen atoms in total. The highest BCUT2D eigenvalue weighted by molar-refractivity contribution is 5.09. The summed E-state index contributed by atoms with van der Waals surface area (Å²) in [6.45, 7) is 10.3. The quantitative estimate of drug-likeness (QED) is 0.512. The Morgan fingerprint density at radius 1 is 1.33 bits per heavy atom. The van der Waals surface area contributed by atoms with Gasteiger partial charge in [0, 0.05) is 5.54 Å². The van der Waals surface area contributed by atoms with Crippen LogP contribution in [0.3, 0.4) is 0 Å². The lowest BCUT2D eigenvalue weighted by atomic mass is 9.96. The predicted octanol–water partition coefficient (Wildman–Crippen LogP) is 1.90. The lowest BCUT2D eigenvalue weighted by molar-refractivity contribution is 0.238. The summed E-state index contributed by atoms with van der Waals surface area (Å²) in [7, 11) is 4.13. The zero-order valence-electron chi connectivity index (χ0n) is 7.15. The maximum Gasteiger partial charge on any atom is 0.0352 e. The minimum atomic E-state index is 0.139. The molecule has 0 amide bonds. The first-order valence-corrected chi connectivity index (χ1v) is 3.22. The summed E-state index contributed by atoms with van der Waals surface area (Å²) >= 11 is 0. The second kappa shape index (κ2) is 2.53. The molecule has 0 aromatic carbocycles. The molecule has 0 aromatic heterocycles. The number of rotatable bonds is 2. The molecule has 0 unspecified atom stereocenters. The molecule has 54 valence electrons. The van der Waals surface area contributed by atoms with Gasteiger partial charge in [-0.05, 0) is 34.9 Å². The van der Waals surface area contributed by atoms with Crippen molar-refractivity contribution in [3.63, 3.8) is 0 Å². The van der Waals surface area contributed by atoms with Crippen molar-refractivity contribution < 1.29 is 0 Å². The summed E-state index contributed by atoms with van der Waals surface area (Å²) in [5, 5.41) is 0. The van der Waals surface area contributed by atoms with Crippen LogP contribution in [0.1, 0.15) is 20.8 Å². The molecule has 0 heterocycles. The fourth-order valence-corrected chi connectivity index (χ4v) is 0.382. The third-order valence-electron chi connectivity index (χ3n) is 2.16. The minimum Gasteiger partial charge on any atom is -0.301 e. The molecule has 0 aromatic rings. The Bertz CT molecular complexity index is 112. The first-order valence-electron chi connectivity index (χ1n) is 3.22. The van der Waals surface area contributed by atoms with E-state index in [2.05, 4.69) is 46.3 Å². The van der Waals surface area contributed by atoms with Gasteiger partial charge in [-0.3, -0.25) is 0 Å². The van der Waals surface area contributed by atoms with Crippen LogP contribution in [0.25, 0.3) is 0 Å². The second-order valence-electron chi connectivity index (χ2n) is 3.23. The third kappa shape index (κ3) is 1.83. The monoisotopic (exact) mass is 127 g/mol. The van der Waals surface area contributed by atoms with Crippen LogP contribution in [-0.2, 0) is 0 Å². The zero-order chi connectivity index (χ0) is 7.65. The first kappa shape index (κ1) is 8.70. The van der Waals surface area contributed by atoms with Crippen molar-refractivity contribution in [2.75, 3.05) is 14.1 Å². The Hall–Kier alpha value is -0.300. The molecular weight excluding hydrogens is 110 g/mol. The zero-order valence-corrected chi connectivity index (χ0v) is 7.15. The van der Waals surface area contributed by atoms with E-state index >= 15 is 0 Å². The van der Waals surface area contributed by atoms with Crippen LogP contribution in [0.2, 0.25) is 0 Å². The lowest BCUT2D eigenvalue weighted by Gasteiger charge is -2.32. The Morgan fingerprint density at radius 3 is 1.67 bits per heavy atom. The largest absolute Gasteiger partial charge is 0.301 e. The molecule has 0 saturated heterocycles. The predicted molar refractivity (Wildman–Crippen MR) is 42.6 cm³/mol. The fourth-order valence-electron chi connectivity index (χ4n) is 0.382. The summed E-state index contributed by atoms with van der Waals surface area (Å²) < 4.78 is 0. The number of hydrogen-bond donors (Lipinski definition) is 0. The normalized spacial score (nSPS) is 12.2. The Kier molecular flexibility index (Phi) is 2.44. The SMILES string of the molecule is C=C(C)C(C)(C)N(C)C. The molecule has 0 radical (unpaired) electrons. The molecule has 0 rings (SSSR count). The van der Waals surface area contributed by atoms with Gasteiger partial charge >= 0.3 is 0 Å². The summed E-state index contributed by atoms with van der Waals surface area (Å²) in [4.78, 5) is 2.16. The van der Waals surface area contributed by atoms with Crippen molar-refractivity contribution in [2.45, 2.75) is 26.3 Å². The van der Waals surface area contributed by atoms with Gasteiger partial charge in [-0.25, -0.2) is 0 Å². The molecular formula is C8H17N. The van der Waals surface area contributed by atoms with Gasteiger partial charge in [-0.15, -0.1) is 0 Å². The van der Waals surface area contributed by atoms with Crippen LogP contribution in [-0.4, -0.2) is 24.5 Å². The van der Waals surface area contributed by atoms with E-state index in [9.17, 15) is 0 Å². The number of hydrogen-bond acceptors (Lipinski definition) is 1. The van der Waals surface area contributed by atoms with Crippen molar-refractivity contribution in [3.8, 4) is 0 Å². The van der Waals surface area contributed by atoms with E-state index in [0.29, 0.717) is 0 Å². The van der Waals surface area contributed by atoms with Gasteiger partial charge in [0.15, 0.2) is 0 Å². The van der Waals surface area contributed by atoms with Gasteiger partial charge in [-0.1, -0.05) is 12.2 Å². The Balaban J connectivity index is 4.19. The van der Waals surface area contributed by atoms with Crippen LogP contribution >= 0.6 is 0 Å². The van der Waals surface area contributed by atoms with Crippen LogP contribution < -0.4 is 0 Å². The molecule has 0 fully saturated rings. The molecule has 0 atom stereocenters. The molecule has 0 bridgehead atoms. The highest BCUT2D eigenvalue weighted by Gasteiger charge is 2.20. The summed E-state index contributed by atoms with van der Waals surface area (Å²) in [5.41, 5.74) is 1.34. The van der Waals surface area contributed by atoms with Gasteiger partial charge in [0.2, 0.25) is 0 Å². The summed E-state index contributed by atoms with van der Waals surface area (Å²) in [6, 6.07) is 0. The van der Waals surface area contributed by atoms with Crippen molar-refractivity contribution in [1.29, 1.82) is 0 Å². The molecule has 0 saturated carbocycles. The van der Waals surface area contributed by atoms with Gasteiger partial charge in [0.05, 0.1) is 0 Å². The third-order valence-corrected chi connectivity index (χ3v) is 2.16. The molecule has 1 heteroatoms. The Labute approximate surface area is 58.4 Å². The number of likely N-dealkylation sites (N-methyl/N-ethyl adjacent to an activating group) is 1. The standard InChI is InChI=1S/C8H17N/c1-7(2)8(3,4)9(5)6/h1H2,2-6H3. The van der Waals surface area contributed by atoms with Crippen molar-refractivity contribution >= 4 is 0 Å². The van der Waals surface area contributed by atoms with E-state index in [4.69, 9.17) is 0 Å². The van der Waals surface area contributed by atoms with Crippen LogP contribution in [0.5, 0.6) is 0 Å². The van der Waals surface area contributed by atoms with E-state index in [0.717, 1.165) is 0 Å². The average Bonchev–Trinajstić information content (AvgIpc) is 1.65. The maximum atomic E-state index is 3.91. The molecule has 9 heavy (non-hydrogen) atoms. The van der Waals surface area contributed by atoms with Crippen molar-refractivity contribution in [1.82, 2.24) is 4.90 Å². The van der Waals surface area contributed by atoms with Crippen molar-refractivity contribution in [3.05, 3.63) is 12.2 Å². The molecule has 0 aliphatic heterocycles. The molecule has 0 N–H and O–H groups in total. The lowest BCUT2D eigenvalue weighted by Crippen LogP contribution is -2.38. The fraction of sp³-hybridized carbons (Fsp3) is 0.750. The van der Waals surface area contributed by atoms with E-state index in [1.54, 1.807) is 0 Å². The molecule has 0 spiro atoms. The van der Waals surface area contributed by atoms with E-state index in [1.165, 1.54) is 5.57 Å². The average molecular weight is 127 g/mol. The van der Waals surface area contributed by atoms with Crippen LogP contribution in [0.4, 0.5) is 0 Å². The molecule has 0 aliphatic carbocycles. The van der Waals surface area contributed by atoms with Crippen molar-refractivity contribution in [2.24, 2.45) is 0 Å². The van der Waals surface area contributed by atoms with E-state index in [1.807, 2.05) is 0 Å². The highest BCUT2D eigenvalue weighted by atomic mass is 15.1. The minimum absolute atomic E-state index is 0.139. The van der Waals surface area contributed by atoms with Gasteiger partial charge < -0.3 is 4.90 Å². The summed E-state index contributed by atoms with van der Waals surface area (Å²) in [6.07, 6.45) is 0. The smallest absolute Gasteiger partial charge is 0.0352 e. The van der Waals surface area contributed by atoms with Gasteiger partial charge in [0.1, 0.15) is 0 Å². The molecule has 0 aliphatic rings. The second-order valence-corrected chi connectivity index (χ2v) is 3.23. The van der Waals surface area contributed by atoms with Crippen LogP contribution in [0, 0.1) is 0 Å². The summed E-state index contributed by atoms with van der Waals surface area (Å²) in [5.74, 6) is 0. The highest BCUT2D eigenvalue weighted by Crippen LogP contribution is 2.18.